The zero-order chi connectivity index (χ0) is 10.8. The van der Waals surface area contributed by atoms with Gasteiger partial charge >= 0.3 is 5.97 Å². The average Bonchev–Trinajstić information content (AvgIpc) is 2.30. The molecule has 6 heteroatoms. The summed E-state index contributed by atoms with van der Waals surface area (Å²) >= 11 is 0. The van der Waals surface area contributed by atoms with E-state index in [1.807, 2.05) is 0 Å². The summed E-state index contributed by atoms with van der Waals surface area (Å²) in [4.78, 5) is 15.0. The maximum absolute atomic E-state index is 11.3. The molecule has 1 aromatic heterocycles. The Morgan fingerprint density at radius 3 is 2.71 bits per heavy atom. The maximum atomic E-state index is 11.3. The number of ether oxygens (including phenoxy) is 1. The van der Waals surface area contributed by atoms with Gasteiger partial charge in [-0.05, 0) is 20.8 Å². The van der Waals surface area contributed by atoms with Crippen molar-refractivity contribution >= 4 is 11.9 Å². The van der Waals surface area contributed by atoms with E-state index in [1.165, 1.54) is 11.0 Å². The first-order valence-electron chi connectivity index (χ1n) is 4.23. The molecule has 1 aromatic rings. The first-order valence-corrected chi connectivity index (χ1v) is 4.23. The Morgan fingerprint density at radius 2 is 2.29 bits per heavy atom. The number of carbonyl (C=O) groups excluding carboxylic acids is 1. The molecule has 0 saturated heterocycles. The number of nitrogens with zero attached hydrogens (tertiary/aromatic N) is 3. The molecule has 78 valence electrons. The molecule has 14 heavy (non-hydrogen) atoms. The van der Waals surface area contributed by atoms with Crippen molar-refractivity contribution in [2.45, 2.75) is 32.9 Å². The smallest absolute Gasteiger partial charge is 0.328 e. The Balaban J connectivity index is 2.50. The van der Waals surface area contributed by atoms with Gasteiger partial charge in [0.25, 0.3) is 0 Å². The fourth-order valence-corrected chi connectivity index (χ4v) is 0.891. The highest BCUT2D eigenvalue weighted by atomic mass is 16.6. The van der Waals surface area contributed by atoms with Crippen LogP contribution >= 0.6 is 0 Å². The first kappa shape index (κ1) is 10.5. The number of hydrogen-bond acceptors (Lipinski definition) is 5. The minimum absolute atomic E-state index is 0.0292. The van der Waals surface area contributed by atoms with Crippen molar-refractivity contribution in [3.05, 3.63) is 6.33 Å². The molecule has 0 unspecified atom stereocenters. The molecule has 2 N–H and O–H groups in total. The van der Waals surface area contributed by atoms with E-state index in [9.17, 15) is 4.79 Å². The van der Waals surface area contributed by atoms with E-state index in [-0.39, 0.29) is 18.5 Å². The Labute approximate surface area is 82.1 Å². The molecule has 6 nitrogen and oxygen atoms in total. The number of carbonyl (C=O) groups is 1. The third-order valence-corrected chi connectivity index (χ3v) is 1.27. The van der Waals surface area contributed by atoms with Crippen LogP contribution in [0.4, 0.5) is 5.95 Å². The van der Waals surface area contributed by atoms with Crippen LogP contribution in [0.25, 0.3) is 0 Å². The molecule has 0 aliphatic carbocycles. The van der Waals surface area contributed by atoms with E-state index >= 15 is 0 Å². The molecule has 0 atom stereocenters. The minimum Gasteiger partial charge on any atom is -0.459 e. The molecule has 0 aromatic carbocycles. The Bertz CT molecular complexity index is 326. The van der Waals surface area contributed by atoms with Gasteiger partial charge in [-0.15, -0.1) is 5.10 Å². The van der Waals surface area contributed by atoms with Crippen molar-refractivity contribution < 1.29 is 9.53 Å². The molecule has 0 fully saturated rings. The van der Waals surface area contributed by atoms with Gasteiger partial charge in [0.2, 0.25) is 5.95 Å². The summed E-state index contributed by atoms with van der Waals surface area (Å²) in [6.07, 6.45) is 1.39. The molecule has 0 bridgehead atoms. The van der Waals surface area contributed by atoms with Crippen molar-refractivity contribution in [3.63, 3.8) is 0 Å². The van der Waals surface area contributed by atoms with Crippen molar-refractivity contribution in [1.82, 2.24) is 14.8 Å². The summed E-state index contributed by atoms with van der Waals surface area (Å²) in [5, 5.41) is 3.76. The zero-order valence-corrected chi connectivity index (χ0v) is 8.52. The van der Waals surface area contributed by atoms with Gasteiger partial charge in [-0.1, -0.05) is 0 Å². The van der Waals surface area contributed by atoms with Gasteiger partial charge in [0.15, 0.2) is 0 Å². The van der Waals surface area contributed by atoms with Gasteiger partial charge in [0.1, 0.15) is 18.5 Å². The van der Waals surface area contributed by atoms with Crippen LogP contribution in [0.5, 0.6) is 0 Å². The predicted octanol–water partition coefficient (Wildman–Crippen LogP) is 0.202. The van der Waals surface area contributed by atoms with Crippen LogP contribution in [0.1, 0.15) is 20.8 Å². The standard InChI is InChI=1S/C8H14N4O2/c1-8(2,3)14-6(13)4-12-5-10-7(9)11-12/h5H,4H2,1-3H3,(H2,9,11). The molecular formula is C8H14N4O2. The lowest BCUT2D eigenvalue weighted by atomic mass is 10.2. The van der Waals surface area contributed by atoms with Gasteiger partial charge in [-0.25, -0.2) is 9.67 Å². The molecule has 1 rings (SSSR count). The number of esters is 1. The molecule has 0 aliphatic heterocycles. The third-order valence-electron chi connectivity index (χ3n) is 1.27. The highest BCUT2D eigenvalue weighted by Gasteiger charge is 2.16. The van der Waals surface area contributed by atoms with Crippen LogP contribution < -0.4 is 5.73 Å². The fraction of sp³-hybridized carbons (Fsp3) is 0.625. The van der Waals surface area contributed by atoms with E-state index in [0.29, 0.717) is 0 Å². The zero-order valence-electron chi connectivity index (χ0n) is 8.52. The van der Waals surface area contributed by atoms with Crippen LogP contribution in [-0.2, 0) is 16.1 Å². The Hall–Kier alpha value is -1.59. The third kappa shape index (κ3) is 3.42. The Morgan fingerprint density at radius 1 is 1.64 bits per heavy atom. The first-order chi connectivity index (χ1) is 6.37. The van der Waals surface area contributed by atoms with E-state index in [0.717, 1.165) is 0 Å². The predicted molar refractivity (Wildman–Crippen MR) is 50.3 cm³/mol. The minimum atomic E-state index is -0.483. The van der Waals surface area contributed by atoms with Crippen LogP contribution in [0.15, 0.2) is 6.33 Å². The van der Waals surface area contributed by atoms with Crippen molar-refractivity contribution in [1.29, 1.82) is 0 Å². The van der Waals surface area contributed by atoms with Gasteiger partial charge in [0, 0.05) is 0 Å². The monoisotopic (exact) mass is 198 g/mol. The molecule has 0 radical (unpaired) electrons. The summed E-state index contributed by atoms with van der Waals surface area (Å²) in [5.74, 6) is -0.212. The molecule has 1 heterocycles. The summed E-state index contributed by atoms with van der Waals surface area (Å²) in [6, 6.07) is 0. The van der Waals surface area contributed by atoms with E-state index in [4.69, 9.17) is 10.5 Å². The molecular weight excluding hydrogens is 184 g/mol. The highest BCUT2D eigenvalue weighted by molar-refractivity contribution is 5.69. The molecule has 0 spiro atoms. The summed E-state index contributed by atoms with van der Waals surface area (Å²) in [6.45, 7) is 5.45. The van der Waals surface area contributed by atoms with Gasteiger partial charge in [-0.2, -0.15) is 0 Å². The average molecular weight is 198 g/mol. The van der Waals surface area contributed by atoms with Gasteiger partial charge in [0.05, 0.1) is 0 Å². The SMILES string of the molecule is CC(C)(C)OC(=O)Cn1cnc(N)n1. The topological polar surface area (TPSA) is 83.0 Å². The van der Waals surface area contributed by atoms with E-state index in [2.05, 4.69) is 10.1 Å². The molecule has 0 amide bonds. The number of anilines is 1. The van der Waals surface area contributed by atoms with Crippen molar-refractivity contribution in [3.8, 4) is 0 Å². The van der Waals surface area contributed by atoms with Crippen molar-refractivity contribution in [2.24, 2.45) is 0 Å². The fourth-order valence-electron chi connectivity index (χ4n) is 0.891. The lowest BCUT2D eigenvalue weighted by molar-refractivity contribution is -0.155. The second kappa shape index (κ2) is 3.65. The lowest BCUT2D eigenvalue weighted by Gasteiger charge is -2.19. The number of aromatic nitrogens is 3. The molecule has 0 aliphatic rings. The second-order valence-electron chi connectivity index (χ2n) is 3.89. The number of rotatable bonds is 2. The normalized spacial score (nSPS) is 11.4. The number of nitrogens with two attached hydrogens (primary N) is 1. The second-order valence-corrected chi connectivity index (χ2v) is 3.89. The van der Waals surface area contributed by atoms with Gasteiger partial charge < -0.3 is 10.5 Å². The van der Waals surface area contributed by atoms with Crippen LogP contribution in [0.2, 0.25) is 0 Å². The lowest BCUT2D eigenvalue weighted by Crippen LogP contribution is -2.26. The Kier molecular flexibility index (Phi) is 2.73. The highest BCUT2D eigenvalue weighted by Crippen LogP contribution is 2.07. The van der Waals surface area contributed by atoms with Gasteiger partial charge in [-0.3, -0.25) is 4.79 Å². The van der Waals surface area contributed by atoms with E-state index < -0.39 is 5.60 Å². The van der Waals surface area contributed by atoms with E-state index in [1.54, 1.807) is 20.8 Å². The van der Waals surface area contributed by atoms with Crippen LogP contribution in [0, 0.1) is 0 Å². The quantitative estimate of drug-likeness (QED) is 0.686. The molecule has 0 saturated carbocycles. The number of nitrogen functional groups attached to an aromatic ring is 1. The maximum Gasteiger partial charge on any atom is 0.328 e. The van der Waals surface area contributed by atoms with Crippen LogP contribution in [0.3, 0.4) is 0 Å². The van der Waals surface area contributed by atoms with Crippen molar-refractivity contribution in [2.75, 3.05) is 5.73 Å². The summed E-state index contributed by atoms with van der Waals surface area (Å²) in [5.41, 5.74) is 4.80. The number of hydrogen-bond donors (Lipinski definition) is 1. The summed E-state index contributed by atoms with van der Waals surface area (Å²) < 4.78 is 6.42. The van der Waals surface area contributed by atoms with Crippen LogP contribution in [-0.4, -0.2) is 26.3 Å². The largest absolute Gasteiger partial charge is 0.459 e. The summed E-state index contributed by atoms with van der Waals surface area (Å²) in [7, 11) is 0.